The average molecular weight is 235 g/mol. The van der Waals surface area contributed by atoms with Crippen LogP contribution < -0.4 is 10.1 Å². The van der Waals surface area contributed by atoms with Crippen molar-refractivity contribution in [2.24, 2.45) is 0 Å². The van der Waals surface area contributed by atoms with Crippen LogP contribution in [0, 0.1) is 0 Å². The Labute approximate surface area is 103 Å². The van der Waals surface area contributed by atoms with Gasteiger partial charge in [0.1, 0.15) is 0 Å². The van der Waals surface area contributed by atoms with Crippen molar-refractivity contribution in [1.82, 2.24) is 5.32 Å². The highest BCUT2D eigenvalue weighted by molar-refractivity contribution is 5.41. The van der Waals surface area contributed by atoms with Crippen LogP contribution in [-0.4, -0.2) is 18.3 Å². The fraction of sp³-hybridized carbons (Fsp3) is 0.429. The van der Waals surface area contributed by atoms with Gasteiger partial charge in [0.15, 0.2) is 11.5 Å². The minimum atomic E-state index is 0.199. The van der Waals surface area contributed by atoms with Gasteiger partial charge in [-0.05, 0) is 44.5 Å². The van der Waals surface area contributed by atoms with Crippen molar-refractivity contribution in [3.8, 4) is 11.5 Å². The summed E-state index contributed by atoms with van der Waals surface area (Å²) in [5.74, 6) is 0.754. The van der Waals surface area contributed by atoms with Gasteiger partial charge in [-0.1, -0.05) is 18.2 Å². The van der Waals surface area contributed by atoms with Crippen molar-refractivity contribution >= 4 is 0 Å². The maximum Gasteiger partial charge on any atom is 0.161 e. The molecule has 17 heavy (non-hydrogen) atoms. The lowest BCUT2D eigenvalue weighted by atomic mass is 10.2. The second-order valence-corrected chi connectivity index (χ2v) is 3.77. The number of aromatic hydroxyl groups is 1. The molecule has 0 radical (unpaired) electrons. The predicted octanol–water partition coefficient (Wildman–Crippen LogP) is 2.85. The number of ether oxygens (including phenoxy) is 1. The Morgan fingerprint density at radius 3 is 2.94 bits per heavy atom. The first-order chi connectivity index (χ1) is 8.27. The minimum absolute atomic E-state index is 0.199. The number of phenols is 1. The molecule has 0 fully saturated rings. The van der Waals surface area contributed by atoms with Gasteiger partial charge in [0.25, 0.3) is 0 Å². The van der Waals surface area contributed by atoms with Crippen molar-refractivity contribution in [1.29, 1.82) is 0 Å². The lowest BCUT2D eigenvalue weighted by Crippen LogP contribution is -2.14. The maximum absolute atomic E-state index is 9.55. The molecule has 0 heterocycles. The molecule has 1 rings (SSSR count). The van der Waals surface area contributed by atoms with Crippen LogP contribution in [0.15, 0.2) is 30.4 Å². The number of allylic oxidation sites excluding steroid dienone is 1. The number of rotatable bonds is 7. The van der Waals surface area contributed by atoms with Crippen molar-refractivity contribution in [3.63, 3.8) is 0 Å². The summed E-state index contributed by atoms with van der Waals surface area (Å²) < 4.78 is 5.33. The summed E-state index contributed by atoms with van der Waals surface area (Å²) in [4.78, 5) is 0. The van der Waals surface area contributed by atoms with Gasteiger partial charge >= 0.3 is 0 Å². The lowest BCUT2D eigenvalue weighted by molar-refractivity contribution is 0.317. The van der Waals surface area contributed by atoms with E-state index in [0.717, 1.165) is 25.1 Å². The van der Waals surface area contributed by atoms with Gasteiger partial charge in [0.05, 0.1) is 6.61 Å². The van der Waals surface area contributed by atoms with E-state index in [1.54, 1.807) is 6.07 Å². The van der Waals surface area contributed by atoms with E-state index >= 15 is 0 Å². The first-order valence-electron chi connectivity index (χ1n) is 6.04. The second-order valence-electron chi connectivity index (χ2n) is 3.77. The third-order valence-electron chi connectivity index (χ3n) is 2.38. The van der Waals surface area contributed by atoms with E-state index in [4.69, 9.17) is 4.74 Å². The molecule has 0 saturated heterocycles. The summed E-state index contributed by atoms with van der Waals surface area (Å²) in [6.45, 7) is 6.23. The van der Waals surface area contributed by atoms with E-state index in [0.29, 0.717) is 12.4 Å². The van der Waals surface area contributed by atoms with Gasteiger partial charge in [-0.2, -0.15) is 0 Å². The average Bonchev–Trinajstić information content (AvgIpc) is 2.33. The van der Waals surface area contributed by atoms with E-state index < -0.39 is 0 Å². The summed E-state index contributed by atoms with van der Waals surface area (Å²) in [5, 5.41) is 12.9. The number of hydrogen-bond acceptors (Lipinski definition) is 3. The highest BCUT2D eigenvalue weighted by Crippen LogP contribution is 2.26. The van der Waals surface area contributed by atoms with E-state index in [9.17, 15) is 5.11 Å². The fourth-order valence-electron chi connectivity index (χ4n) is 1.52. The van der Waals surface area contributed by atoms with Crippen LogP contribution in [0.3, 0.4) is 0 Å². The van der Waals surface area contributed by atoms with E-state index in [-0.39, 0.29) is 5.75 Å². The Hall–Kier alpha value is -1.48. The molecule has 2 N–H and O–H groups in total. The molecule has 0 spiro atoms. The number of hydrogen-bond donors (Lipinski definition) is 2. The Kier molecular flexibility index (Phi) is 6.18. The molecular formula is C14H21NO2. The third kappa shape index (κ3) is 4.91. The predicted molar refractivity (Wildman–Crippen MR) is 70.4 cm³/mol. The highest BCUT2D eigenvalue weighted by atomic mass is 16.5. The van der Waals surface area contributed by atoms with Crippen LogP contribution in [0.4, 0.5) is 0 Å². The normalized spacial score (nSPS) is 10.9. The Bertz CT molecular complexity index is 361. The molecule has 0 aliphatic carbocycles. The van der Waals surface area contributed by atoms with Crippen molar-refractivity contribution in [2.75, 3.05) is 13.2 Å². The highest BCUT2D eigenvalue weighted by Gasteiger charge is 2.02. The summed E-state index contributed by atoms with van der Waals surface area (Å²) >= 11 is 0. The molecule has 3 nitrogen and oxygen atoms in total. The molecule has 0 unspecified atom stereocenters. The second kappa shape index (κ2) is 7.74. The maximum atomic E-state index is 9.55. The SMILES string of the molecule is C/C=C/CCNCc1ccc(O)c(OCC)c1. The summed E-state index contributed by atoms with van der Waals surface area (Å²) in [6.07, 6.45) is 5.22. The van der Waals surface area contributed by atoms with Crippen molar-refractivity contribution in [2.45, 2.75) is 26.8 Å². The molecule has 94 valence electrons. The molecule has 0 aliphatic heterocycles. The zero-order valence-corrected chi connectivity index (χ0v) is 10.6. The first-order valence-corrected chi connectivity index (χ1v) is 6.04. The Balaban J connectivity index is 2.45. The molecule has 0 aliphatic rings. The van der Waals surface area contributed by atoms with E-state index in [1.165, 1.54) is 0 Å². The molecule has 0 atom stereocenters. The molecule has 3 heteroatoms. The zero-order chi connectivity index (χ0) is 12.5. The lowest BCUT2D eigenvalue weighted by Gasteiger charge is -2.08. The largest absolute Gasteiger partial charge is 0.504 e. The van der Waals surface area contributed by atoms with Crippen LogP contribution in [-0.2, 0) is 6.54 Å². The van der Waals surface area contributed by atoms with Gasteiger partial charge in [-0.3, -0.25) is 0 Å². The van der Waals surface area contributed by atoms with Crippen LogP contribution in [0.2, 0.25) is 0 Å². The van der Waals surface area contributed by atoms with E-state index in [2.05, 4.69) is 17.5 Å². The minimum Gasteiger partial charge on any atom is -0.504 e. The molecule has 0 aromatic heterocycles. The fourth-order valence-corrected chi connectivity index (χ4v) is 1.52. The topological polar surface area (TPSA) is 41.5 Å². The van der Waals surface area contributed by atoms with Crippen LogP contribution >= 0.6 is 0 Å². The van der Waals surface area contributed by atoms with Gasteiger partial charge < -0.3 is 15.2 Å². The molecule has 1 aromatic carbocycles. The Morgan fingerprint density at radius 1 is 1.41 bits per heavy atom. The van der Waals surface area contributed by atoms with Crippen molar-refractivity contribution in [3.05, 3.63) is 35.9 Å². The first kappa shape index (κ1) is 13.6. The number of phenolic OH excluding ortho intramolecular Hbond substituents is 1. The quantitative estimate of drug-likeness (QED) is 0.564. The van der Waals surface area contributed by atoms with Crippen LogP contribution in [0.5, 0.6) is 11.5 Å². The standard InChI is InChI=1S/C14H21NO2/c1-3-5-6-9-15-11-12-7-8-13(16)14(10-12)17-4-2/h3,5,7-8,10,15-16H,4,6,9,11H2,1-2H3/b5-3+. The van der Waals surface area contributed by atoms with Crippen molar-refractivity contribution < 1.29 is 9.84 Å². The summed E-state index contributed by atoms with van der Waals surface area (Å²) in [7, 11) is 0. The van der Waals surface area contributed by atoms with Gasteiger partial charge in [-0.25, -0.2) is 0 Å². The Morgan fingerprint density at radius 2 is 2.24 bits per heavy atom. The van der Waals surface area contributed by atoms with Crippen LogP contribution in [0.1, 0.15) is 25.8 Å². The zero-order valence-electron chi connectivity index (χ0n) is 10.6. The number of benzene rings is 1. The van der Waals surface area contributed by atoms with E-state index in [1.807, 2.05) is 26.0 Å². The molecule has 0 amide bonds. The molecular weight excluding hydrogens is 214 g/mol. The summed E-state index contributed by atoms with van der Waals surface area (Å²) in [5.41, 5.74) is 1.12. The van der Waals surface area contributed by atoms with Gasteiger partial charge in [0, 0.05) is 6.54 Å². The molecule has 0 saturated carbocycles. The molecule has 0 bridgehead atoms. The summed E-state index contributed by atoms with van der Waals surface area (Å²) in [6, 6.07) is 5.45. The monoisotopic (exact) mass is 235 g/mol. The van der Waals surface area contributed by atoms with Gasteiger partial charge in [-0.15, -0.1) is 0 Å². The van der Waals surface area contributed by atoms with Gasteiger partial charge in [0.2, 0.25) is 0 Å². The smallest absolute Gasteiger partial charge is 0.161 e. The van der Waals surface area contributed by atoms with Crippen LogP contribution in [0.25, 0.3) is 0 Å². The molecule has 1 aromatic rings. The third-order valence-corrected chi connectivity index (χ3v) is 2.38. The number of nitrogens with one attached hydrogen (secondary N) is 1.